The van der Waals surface area contributed by atoms with E-state index in [1.165, 1.54) is 12.1 Å². The molecule has 0 saturated heterocycles. The number of rotatable bonds is 4. The number of alkyl halides is 3. The van der Waals surface area contributed by atoms with E-state index in [-0.39, 0.29) is 22.5 Å². The van der Waals surface area contributed by atoms with Crippen molar-refractivity contribution < 1.29 is 22.7 Å². The van der Waals surface area contributed by atoms with Crippen LogP contribution in [-0.2, 0) is 11.9 Å². The molecule has 0 saturated carbocycles. The van der Waals surface area contributed by atoms with Crippen molar-refractivity contribution in [3.8, 4) is 17.1 Å². The first-order chi connectivity index (χ1) is 12.3. The molecule has 7 nitrogen and oxygen atoms in total. The van der Waals surface area contributed by atoms with Gasteiger partial charge in [-0.3, -0.25) is 4.79 Å². The smallest absolute Gasteiger partial charge is 0.416 e. The molecule has 0 fully saturated rings. The quantitative estimate of drug-likeness (QED) is 0.526. The van der Waals surface area contributed by atoms with Gasteiger partial charge in [0.05, 0.1) is 11.3 Å². The number of halogens is 3. The molecule has 26 heavy (non-hydrogen) atoms. The summed E-state index contributed by atoms with van der Waals surface area (Å²) in [6.45, 7) is 0. The molecule has 0 aliphatic rings. The molecule has 2 heterocycles. The van der Waals surface area contributed by atoms with Crippen LogP contribution in [0.25, 0.3) is 11.4 Å². The highest BCUT2D eigenvalue weighted by Crippen LogP contribution is 2.31. The van der Waals surface area contributed by atoms with E-state index < -0.39 is 22.9 Å². The van der Waals surface area contributed by atoms with E-state index in [0.717, 1.165) is 40.9 Å². The fourth-order valence-corrected chi connectivity index (χ4v) is 2.78. The van der Waals surface area contributed by atoms with Gasteiger partial charge in [-0.15, -0.1) is 10.2 Å². The second-order valence-corrected chi connectivity index (χ2v) is 6.08. The van der Waals surface area contributed by atoms with Crippen molar-refractivity contribution in [1.82, 2.24) is 14.9 Å². The predicted octanol–water partition coefficient (Wildman–Crippen LogP) is 2.63. The van der Waals surface area contributed by atoms with Crippen LogP contribution in [0.4, 0.5) is 13.2 Å². The number of aromatic nitrogens is 3. The molecule has 2 aromatic heterocycles. The normalized spacial score (nSPS) is 11.7. The summed E-state index contributed by atoms with van der Waals surface area (Å²) in [5.41, 5.74) is -0.983. The Morgan fingerprint density at radius 3 is 2.54 bits per heavy atom. The molecule has 11 heteroatoms. The van der Waals surface area contributed by atoms with E-state index in [9.17, 15) is 18.0 Å². The van der Waals surface area contributed by atoms with Crippen LogP contribution in [0.2, 0.25) is 0 Å². The van der Waals surface area contributed by atoms with Crippen LogP contribution < -0.4 is 11.3 Å². The third kappa shape index (κ3) is 3.67. The van der Waals surface area contributed by atoms with Gasteiger partial charge in [0.1, 0.15) is 12.0 Å². The average molecular weight is 384 g/mol. The van der Waals surface area contributed by atoms with Gasteiger partial charge < -0.3 is 15.4 Å². The van der Waals surface area contributed by atoms with Gasteiger partial charge in [0.15, 0.2) is 11.6 Å². The van der Waals surface area contributed by atoms with Gasteiger partial charge in [0.2, 0.25) is 10.6 Å². The molecule has 0 spiro atoms. The zero-order valence-corrected chi connectivity index (χ0v) is 13.7. The van der Waals surface area contributed by atoms with Gasteiger partial charge in [0.25, 0.3) is 0 Å². The predicted molar refractivity (Wildman–Crippen MR) is 86.8 cm³/mol. The SMILES string of the molecule is Nn1c(SCc2cc(=O)c(O)co2)nnc1-c1ccc(C(F)(F)F)cc1. The molecule has 136 valence electrons. The van der Waals surface area contributed by atoms with Crippen molar-refractivity contribution in [3.63, 3.8) is 0 Å². The van der Waals surface area contributed by atoms with E-state index in [0.29, 0.717) is 5.56 Å². The van der Waals surface area contributed by atoms with Gasteiger partial charge in [0, 0.05) is 11.6 Å². The maximum Gasteiger partial charge on any atom is 0.416 e. The Balaban J connectivity index is 1.77. The molecule has 3 N–H and O–H groups in total. The van der Waals surface area contributed by atoms with Crippen LogP contribution in [0.15, 0.2) is 51.0 Å². The minimum Gasteiger partial charge on any atom is -0.502 e. The van der Waals surface area contributed by atoms with Gasteiger partial charge in [-0.05, 0) is 12.1 Å². The third-order valence-corrected chi connectivity index (χ3v) is 4.31. The lowest BCUT2D eigenvalue weighted by atomic mass is 10.1. The number of nitrogens with zero attached hydrogens (tertiary/aromatic N) is 3. The summed E-state index contributed by atoms with van der Waals surface area (Å²) in [5.74, 6) is 6.07. The van der Waals surface area contributed by atoms with Crippen LogP contribution in [-0.4, -0.2) is 20.0 Å². The number of hydrogen-bond acceptors (Lipinski definition) is 7. The Bertz CT molecular complexity index is 983. The molecule has 0 aliphatic carbocycles. The topological polar surface area (TPSA) is 107 Å². The number of aromatic hydroxyl groups is 1. The van der Waals surface area contributed by atoms with Crippen molar-refractivity contribution >= 4 is 11.8 Å². The van der Waals surface area contributed by atoms with E-state index in [4.69, 9.17) is 15.4 Å². The fraction of sp³-hybridized carbons (Fsp3) is 0.133. The minimum absolute atomic E-state index is 0.188. The Morgan fingerprint density at radius 1 is 1.23 bits per heavy atom. The number of nitrogen functional groups attached to an aromatic ring is 1. The Labute approximate surface area is 148 Å². The van der Waals surface area contributed by atoms with Crippen LogP contribution >= 0.6 is 11.8 Å². The first-order valence-electron chi connectivity index (χ1n) is 7.07. The molecular formula is C15H11F3N4O3S. The van der Waals surface area contributed by atoms with Crippen LogP contribution in [0.3, 0.4) is 0 Å². The summed E-state index contributed by atoms with van der Waals surface area (Å²) in [6.07, 6.45) is -3.50. The summed E-state index contributed by atoms with van der Waals surface area (Å²) in [7, 11) is 0. The second kappa shape index (κ2) is 6.75. The summed E-state index contributed by atoms with van der Waals surface area (Å²) < 4.78 is 44.0. The zero-order chi connectivity index (χ0) is 18.9. The number of hydrogen-bond donors (Lipinski definition) is 2. The molecule has 0 aliphatic heterocycles. The summed E-state index contributed by atoms with van der Waals surface area (Å²) in [4.78, 5) is 11.3. The number of benzene rings is 1. The van der Waals surface area contributed by atoms with E-state index in [1.807, 2.05) is 0 Å². The Hall–Kier alpha value is -2.95. The summed E-state index contributed by atoms with van der Waals surface area (Å²) in [5, 5.41) is 17.2. The maximum atomic E-state index is 12.6. The molecule has 3 aromatic rings. The first kappa shape index (κ1) is 17.9. The zero-order valence-electron chi connectivity index (χ0n) is 12.9. The largest absolute Gasteiger partial charge is 0.502 e. The highest BCUT2D eigenvalue weighted by atomic mass is 32.2. The molecule has 0 unspecified atom stereocenters. The highest BCUT2D eigenvalue weighted by Gasteiger charge is 2.30. The highest BCUT2D eigenvalue weighted by molar-refractivity contribution is 7.98. The standard InChI is InChI=1S/C15H11F3N4O3S/c16-15(17,18)9-3-1-8(2-4-9)13-20-21-14(22(13)19)26-7-10-5-11(23)12(24)6-25-10/h1-6,24H,7,19H2. The lowest BCUT2D eigenvalue weighted by Crippen LogP contribution is -2.12. The molecule has 1 aromatic carbocycles. The maximum absolute atomic E-state index is 12.6. The minimum atomic E-state index is -4.43. The lowest BCUT2D eigenvalue weighted by molar-refractivity contribution is -0.137. The molecule has 0 amide bonds. The van der Waals surface area contributed by atoms with Crippen molar-refractivity contribution in [2.24, 2.45) is 0 Å². The number of nitrogens with two attached hydrogens (primary N) is 1. The number of thioether (sulfide) groups is 1. The van der Waals surface area contributed by atoms with Gasteiger partial charge in [-0.1, -0.05) is 23.9 Å². The van der Waals surface area contributed by atoms with E-state index in [2.05, 4.69) is 10.2 Å². The monoisotopic (exact) mass is 384 g/mol. The molecule has 0 radical (unpaired) electrons. The Morgan fingerprint density at radius 2 is 1.92 bits per heavy atom. The average Bonchev–Trinajstić information content (AvgIpc) is 2.96. The second-order valence-electron chi connectivity index (χ2n) is 5.14. The fourth-order valence-electron chi connectivity index (χ4n) is 2.04. The third-order valence-electron chi connectivity index (χ3n) is 3.34. The van der Waals surface area contributed by atoms with Crippen LogP contribution in [0.1, 0.15) is 11.3 Å². The molecule has 0 atom stereocenters. The summed E-state index contributed by atoms with van der Waals surface area (Å²) in [6, 6.07) is 5.51. The van der Waals surface area contributed by atoms with E-state index in [1.54, 1.807) is 0 Å². The van der Waals surface area contributed by atoms with Gasteiger partial charge in [-0.2, -0.15) is 13.2 Å². The molecule has 3 rings (SSSR count). The van der Waals surface area contributed by atoms with Crippen molar-refractivity contribution in [2.45, 2.75) is 17.1 Å². The summed E-state index contributed by atoms with van der Waals surface area (Å²) >= 11 is 1.11. The van der Waals surface area contributed by atoms with Gasteiger partial charge in [-0.25, -0.2) is 4.68 Å². The Kier molecular flexibility index (Phi) is 4.64. The van der Waals surface area contributed by atoms with Crippen LogP contribution in [0, 0.1) is 0 Å². The first-order valence-corrected chi connectivity index (χ1v) is 8.06. The molecule has 0 bridgehead atoms. The van der Waals surface area contributed by atoms with Crippen LogP contribution in [0.5, 0.6) is 5.75 Å². The van der Waals surface area contributed by atoms with Crippen molar-refractivity contribution in [1.29, 1.82) is 0 Å². The lowest BCUT2D eigenvalue weighted by Gasteiger charge is -2.07. The van der Waals surface area contributed by atoms with E-state index >= 15 is 0 Å². The van der Waals surface area contributed by atoms with Crippen molar-refractivity contribution in [3.05, 3.63) is 58.1 Å². The van der Waals surface area contributed by atoms with Gasteiger partial charge >= 0.3 is 6.18 Å². The van der Waals surface area contributed by atoms with Crippen molar-refractivity contribution in [2.75, 3.05) is 5.84 Å². The molecular weight excluding hydrogens is 373 g/mol.